The molecule has 0 amide bonds. The highest BCUT2D eigenvalue weighted by atomic mass is 16.5. The van der Waals surface area contributed by atoms with Crippen LogP contribution in [0.2, 0.25) is 0 Å². The van der Waals surface area contributed by atoms with Gasteiger partial charge in [0.15, 0.2) is 0 Å². The molecule has 32 heavy (non-hydrogen) atoms. The van der Waals surface area contributed by atoms with Gasteiger partial charge in [-0.1, -0.05) is 48.5 Å². The van der Waals surface area contributed by atoms with Crippen LogP contribution in [0.25, 0.3) is 0 Å². The molecule has 0 fully saturated rings. The van der Waals surface area contributed by atoms with Gasteiger partial charge in [-0.2, -0.15) is 0 Å². The van der Waals surface area contributed by atoms with Crippen molar-refractivity contribution < 1.29 is 19.4 Å². The molecule has 4 rings (SSSR count). The molecule has 5 nitrogen and oxygen atoms in total. The molecule has 1 N–H and O–H groups in total. The predicted molar refractivity (Wildman–Crippen MR) is 124 cm³/mol. The van der Waals surface area contributed by atoms with Gasteiger partial charge >= 0.3 is 5.97 Å². The molecule has 1 atom stereocenters. The number of fused-ring (bicyclic) bond motifs is 1. The first-order chi connectivity index (χ1) is 15.6. The SMILES string of the molecule is COC(=O)c1ccc(CN2CCOc3ccc(C(O)CCc4ccccc4)cc3C2)cc1. The second-order valence-corrected chi connectivity index (χ2v) is 8.15. The summed E-state index contributed by atoms with van der Waals surface area (Å²) in [5, 5.41) is 10.8. The third-order valence-corrected chi connectivity index (χ3v) is 5.86. The number of nitrogens with zero attached hydrogens (tertiary/aromatic N) is 1. The molecular weight excluding hydrogens is 402 g/mol. The van der Waals surface area contributed by atoms with E-state index < -0.39 is 6.10 Å². The Kier molecular flexibility index (Phi) is 7.20. The summed E-state index contributed by atoms with van der Waals surface area (Å²) < 4.78 is 10.7. The van der Waals surface area contributed by atoms with Crippen LogP contribution < -0.4 is 4.74 Å². The highest BCUT2D eigenvalue weighted by molar-refractivity contribution is 5.89. The molecule has 1 heterocycles. The Morgan fingerprint density at radius 1 is 1.06 bits per heavy atom. The van der Waals surface area contributed by atoms with E-state index in [2.05, 4.69) is 23.1 Å². The second kappa shape index (κ2) is 10.4. The van der Waals surface area contributed by atoms with Crippen molar-refractivity contribution in [1.29, 1.82) is 0 Å². The summed E-state index contributed by atoms with van der Waals surface area (Å²) in [5.74, 6) is 0.555. The lowest BCUT2D eigenvalue weighted by atomic mass is 9.99. The maximum atomic E-state index is 11.6. The van der Waals surface area contributed by atoms with Crippen molar-refractivity contribution in [2.75, 3.05) is 20.3 Å². The van der Waals surface area contributed by atoms with Gasteiger partial charge in [0.1, 0.15) is 12.4 Å². The lowest BCUT2D eigenvalue weighted by Crippen LogP contribution is -2.25. The van der Waals surface area contributed by atoms with Crippen LogP contribution >= 0.6 is 0 Å². The van der Waals surface area contributed by atoms with E-state index in [1.165, 1.54) is 12.7 Å². The van der Waals surface area contributed by atoms with Gasteiger partial charge in [-0.25, -0.2) is 4.79 Å². The van der Waals surface area contributed by atoms with Crippen LogP contribution in [0.1, 0.15) is 45.1 Å². The lowest BCUT2D eigenvalue weighted by molar-refractivity contribution is 0.0600. The Morgan fingerprint density at radius 3 is 2.59 bits per heavy atom. The van der Waals surface area contributed by atoms with Crippen molar-refractivity contribution in [2.45, 2.75) is 32.0 Å². The minimum atomic E-state index is -0.511. The van der Waals surface area contributed by atoms with Crippen LogP contribution in [0.3, 0.4) is 0 Å². The Balaban J connectivity index is 1.41. The van der Waals surface area contributed by atoms with Crippen LogP contribution in [-0.4, -0.2) is 36.2 Å². The van der Waals surface area contributed by atoms with Crippen molar-refractivity contribution in [2.24, 2.45) is 0 Å². The van der Waals surface area contributed by atoms with E-state index in [4.69, 9.17) is 9.47 Å². The fourth-order valence-electron chi connectivity index (χ4n) is 4.05. The molecule has 3 aromatic carbocycles. The third kappa shape index (κ3) is 5.55. The standard InChI is InChI=1S/C27H29NO4/c1-31-27(30)22-10-7-21(8-11-22)18-28-15-16-32-26-14-12-23(17-24(26)19-28)25(29)13-9-20-5-3-2-4-6-20/h2-8,10-12,14,17,25,29H,9,13,15-16,18-19H2,1H3. The van der Waals surface area contributed by atoms with E-state index in [-0.39, 0.29) is 5.97 Å². The Morgan fingerprint density at radius 2 is 1.84 bits per heavy atom. The number of hydrogen-bond acceptors (Lipinski definition) is 5. The molecule has 0 spiro atoms. The monoisotopic (exact) mass is 431 g/mol. The number of aliphatic hydroxyl groups is 1. The molecule has 0 aliphatic carbocycles. The van der Waals surface area contributed by atoms with Gasteiger partial charge < -0.3 is 14.6 Å². The van der Waals surface area contributed by atoms with Gasteiger partial charge in [0, 0.05) is 25.2 Å². The molecule has 5 heteroatoms. The predicted octanol–water partition coefficient (Wildman–Crippen LogP) is 4.53. The number of esters is 1. The largest absolute Gasteiger partial charge is 0.492 e. The zero-order valence-electron chi connectivity index (χ0n) is 18.4. The van der Waals surface area contributed by atoms with Crippen molar-refractivity contribution >= 4 is 5.97 Å². The van der Waals surface area contributed by atoms with Crippen LogP contribution in [-0.2, 0) is 24.2 Å². The van der Waals surface area contributed by atoms with Crippen LogP contribution in [0.5, 0.6) is 5.75 Å². The number of rotatable bonds is 7. The van der Waals surface area contributed by atoms with E-state index in [1.54, 1.807) is 12.1 Å². The van der Waals surface area contributed by atoms with E-state index in [0.717, 1.165) is 48.5 Å². The topological polar surface area (TPSA) is 59.0 Å². The van der Waals surface area contributed by atoms with E-state index >= 15 is 0 Å². The second-order valence-electron chi connectivity index (χ2n) is 8.15. The maximum absolute atomic E-state index is 11.6. The van der Waals surface area contributed by atoms with Gasteiger partial charge in [0.25, 0.3) is 0 Å². The van der Waals surface area contributed by atoms with E-state index in [0.29, 0.717) is 18.6 Å². The molecule has 1 aliphatic heterocycles. The van der Waals surface area contributed by atoms with E-state index in [9.17, 15) is 9.90 Å². The molecule has 0 saturated heterocycles. The summed E-state index contributed by atoms with van der Waals surface area (Å²) in [5.41, 5.74) is 4.92. The Hall–Kier alpha value is -3.15. The Bertz CT molecular complexity index is 1030. The number of hydrogen-bond donors (Lipinski definition) is 1. The zero-order chi connectivity index (χ0) is 22.3. The highest BCUT2D eigenvalue weighted by Gasteiger charge is 2.18. The summed E-state index contributed by atoms with van der Waals surface area (Å²) >= 11 is 0. The fourth-order valence-corrected chi connectivity index (χ4v) is 4.05. The molecule has 0 radical (unpaired) electrons. The summed E-state index contributed by atoms with van der Waals surface area (Å²) in [4.78, 5) is 14.0. The number of ether oxygens (including phenoxy) is 2. The average Bonchev–Trinajstić information content (AvgIpc) is 3.04. The van der Waals surface area contributed by atoms with Crippen molar-refractivity contribution in [3.63, 3.8) is 0 Å². The normalized spacial score (nSPS) is 14.7. The molecule has 1 unspecified atom stereocenters. The average molecular weight is 432 g/mol. The quantitative estimate of drug-likeness (QED) is 0.557. The Labute approximate surface area is 189 Å². The number of carbonyl (C=O) groups excluding carboxylic acids is 1. The molecule has 0 saturated carbocycles. The number of aryl methyl sites for hydroxylation is 1. The lowest BCUT2D eigenvalue weighted by Gasteiger charge is -2.20. The number of aliphatic hydroxyl groups excluding tert-OH is 1. The van der Waals surface area contributed by atoms with Crippen LogP contribution in [0, 0.1) is 0 Å². The molecule has 3 aromatic rings. The minimum Gasteiger partial charge on any atom is -0.492 e. The van der Waals surface area contributed by atoms with E-state index in [1.807, 2.05) is 42.5 Å². The van der Waals surface area contributed by atoms with Crippen LogP contribution in [0.4, 0.5) is 0 Å². The molecular formula is C27H29NO4. The minimum absolute atomic E-state index is 0.327. The van der Waals surface area contributed by atoms with Gasteiger partial charge in [-0.05, 0) is 53.8 Å². The first-order valence-electron chi connectivity index (χ1n) is 11.0. The summed E-state index contributed by atoms with van der Waals surface area (Å²) in [7, 11) is 1.39. The number of methoxy groups -OCH3 is 1. The van der Waals surface area contributed by atoms with Gasteiger partial charge in [-0.3, -0.25) is 4.90 Å². The smallest absolute Gasteiger partial charge is 0.337 e. The number of benzene rings is 3. The summed E-state index contributed by atoms with van der Waals surface area (Å²) in [6.45, 7) is 2.92. The number of carbonyl (C=O) groups is 1. The van der Waals surface area contributed by atoms with Gasteiger partial charge in [-0.15, -0.1) is 0 Å². The van der Waals surface area contributed by atoms with Gasteiger partial charge in [0.2, 0.25) is 0 Å². The first kappa shape index (κ1) is 22.1. The van der Waals surface area contributed by atoms with Crippen molar-refractivity contribution in [3.8, 4) is 5.75 Å². The van der Waals surface area contributed by atoms with Crippen molar-refractivity contribution in [3.05, 3.63) is 101 Å². The maximum Gasteiger partial charge on any atom is 0.337 e. The van der Waals surface area contributed by atoms with Gasteiger partial charge in [0.05, 0.1) is 18.8 Å². The summed E-state index contributed by atoms with van der Waals surface area (Å²) in [6.07, 6.45) is 1.01. The zero-order valence-corrected chi connectivity index (χ0v) is 18.4. The molecule has 0 bridgehead atoms. The van der Waals surface area contributed by atoms with Crippen molar-refractivity contribution in [1.82, 2.24) is 4.90 Å². The molecule has 0 aromatic heterocycles. The molecule has 166 valence electrons. The summed E-state index contributed by atoms with van der Waals surface area (Å²) in [6, 6.07) is 23.8. The molecule has 1 aliphatic rings. The van der Waals surface area contributed by atoms with Crippen LogP contribution in [0.15, 0.2) is 72.8 Å². The first-order valence-corrected chi connectivity index (χ1v) is 11.0. The highest BCUT2D eigenvalue weighted by Crippen LogP contribution is 2.29. The fraction of sp³-hybridized carbons (Fsp3) is 0.296. The third-order valence-electron chi connectivity index (χ3n) is 5.86.